The van der Waals surface area contributed by atoms with Crippen LogP contribution in [0.4, 0.5) is 0 Å². The average Bonchev–Trinajstić information content (AvgIpc) is 2.62. The molecule has 1 atom stereocenters. The molecular formula is C14H24N2O3. The maximum Gasteiger partial charge on any atom is 0.253 e. The van der Waals surface area contributed by atoms with Crippen LogP contribution in [-0.4, -0.2) is 41.9 Å². The largest absolute Gasteiger partial charge is 0.389 e. The van der Waals surface area contributed by atoms with Crippen LogP contribution < -0.4 is 5.32 Å². The normalized spacial score (nSPS) is 12.8. The highest BCUT2D eigenvalue weighted by Gasteiger charge is 2.17. The molecule has 1 heterocycles. The van der Waals surface area contributed by atoms with Gasteiger partial charge in [0.05, 0.1) is 18.3 Å². The zero-order valence-electron chi connectivity index (χ0n) is 12.4. The topological polar surface area (TPSA) is 63.5 Å². The SMILES string of the molecule is COCC(O)CNC(=O)c1cc(C)n(C(C)C)c1C. The van der Waals surface area contributed by atoms with Crippen LogP contribution in [0.3, 0.4) is 0 Å². The fraction of sp³-hybridized carbons (Fsp3) is 0.643. The number of aromatic nitrogens is 1. The monoisotopic (exact) mass is 268 g/mol. The molecule has 2 N–H and O–H groups in total. The third kappa shape index (κ3) is 3.81. The average molecular weight is 268 g/mol. The lowest BCUT2D eigenvalue weighted by atomic mass is 10.2. The van der Waals surface area contributed by atoms with Crippen molar-refractivity contribution in [3.63, 3.8) is 0 Å². The number of ether oxygens (including phenoxy) is 1. The second kappa shape index (κ2) is 6.73. The van der Waals surface area contributed by atoms with E-state index in [1.807, 2.05) is 19.9 Å². The van der Waals surface area contributed by atoms with Gasteiger partial charge in [0.1, 0.15) is 0 Å². The minimum absolute atomic E-state index is 0.157. The molecule has 0 spiro atoms. The molecule has 0 aliphatic carbocycles. The summed E-state index contributed by atoms with van der Waals surface area (Å²) in [6.45, 7) is 8.51. The highest BCUT2D eigenvalue weighted by atomic mass is 16.5. The molecule has 1 aromatic rings. The molecule has 0 aromatic carbocycles. The summed E-state index contributed by atoms with van der Waals surface area (Å²) < 4.78 is 6.94. The second-order valence-corrected chi connectivity index (χ2v) is 5.07. The molecule has 19 heavy (non-hydrogen) atoms. The van der Waals surface area contributed by atoms with E-state index in [4.69, 9.17) is 4.74 Å². The third-order valence-electron chi connectivity index (χ3n) is 3.10. The van der Waals surface area contributed by atoms with Gasteiger partial charge in [0.25, 0.3) is 5.91 Å². The Kier molecular flexibility index (Phi) is 5.57. The first-order valence-electron chi connectivity index (χ1n) is 6.52. The molecule has 0 aliphatic rings. The Bertz CT molecular complexity index is 438. The Balaban J connectivity index is 2.75. The predicted octanol–water partition coefficient (Wildman–Crippen LogP) is 1.42. The maximum atomic E-state index is 12.1. The maximum absolute atomic E-state index is 12.1. The summed E-state index contributed by atoms with van der Waals surface area (Å²) in [7, 11) is 1.52. The van der Waals surface area contributed by atoms with Gasteiger partial charge < -0.3 is 19.7 Å². The minimum atomic E-state index is -0.678. The van der Waals surface area contributed by atoms with Crippen LogP contribution in [0.2, 0.25) is 0 Å². The molecule has 0 aliphatic heterocycles. The van der Waals surface area contributed by atoms with E-state index in [0.29, 0.717) is 11.6 Å². The Hall–Kier alpha value is -1.33. The van der Waals surface area contributed by atoms with Gasteiger partial charge in [-0.05, 0) is 33.8 Å². The van der Waals surface area contributed by atoms with E-state index >= 15 is 0 Å². The van der Waals surface area contributed by atoms with E-state index in [0.717, 1.165) is 11.4 Å². The molecule has 1 aromatic heterocycles. The highest BCUT2D eigenvalue weighted by molar-refractivity contribution is 5.95. The van der Waals surface area contributed by atoms with E-state index in [9.17, 15) is 9.90 Å². The third-order valence-corrected chi connectivity index (χ3v) is 3.10. The Morgan fingerprint density at radius 1 is 1.47 bits per heavy atom. The summed E-state index contributed by atoms with van der Waals surface area (Å²) in [5, 5.41) is 12.2. The molecule has 108 valence electrons. The van der Waals surface area contributed by atoms with Crippen molar-refractivity contribution < 1.29 is 14.6 Å². The van der Waals surface area contributed by atoms with Crippen LogP contribution in [0.5, 0.6) is 0 Å². The summed E-state index contributed by atoms with van der Waals surface area (Å²) in [6.07, 6.45) is -0.678. The van der Waals surface area contributed by atoms with E-state index in [1.54, 1.807) is 0 Å². The Morgan fingerprint density at radius 3 is 2.58 bits per heavy atom. The van der Waals surface area contributed by atoms with Crippen LogP contribution in [0.1, 0.15) is 41.6 Å². The van der Waals surface area contributed by atoms with Crippen LogP contribution in [0.15, 0.2) is 6.07 Å². The highest BCUT2D eigenvalue weighted by Crippen LogP contribution is 2.19. The van der Waals surface area contributed by atoms with E-state index < -0.39 is 6.10 Å². The van der Waals surface area contributed by atoms with Crippen molar-refractivity contribution in [2.45, 2.75) is 39.8 Å². The first kappa shape index (κ1) is 15.7. The number of carbonyl (C=O) groups excluding carboxylic acids is 1. The Morgan fingerprint density at radius 2 is 2.11 bits per heavy atom. The molecule has 5 heteroatoms. The molecule has 1 rings (SSSR count). The number of nitrogens with one attached hydrogen (secondary N) is 1. The van der Waals surface area contributed by atoms with Gasteiger partial charge in [0, 0.05) is 31.1 Å². The van der Waals surface area contributed by atoms with Gasteiger partial charge in [0.15, 0.2) is 0 Å². The molecule has 1 unspecified atom stereocenters. The minimum Gasteiger partial charge on any atom is -0.389 e. The van der Waals surface area contributed by atoms with Crippen molar-refractivity contribution in [3.8, 4) is 0 Å². The smallest absolute Gasteiger partial charge is 0.253 e. The van der Waals surface area contributed by atoms with Crippen LogP contribution in [0, 0.1) is 13.8 Å². The fourth-order valence-corrected chi connectivity index (χ4v) is 2.36. The van der Waals surface area contributed by atoms with Crippen molar-refractivity contribution in [1.82, 2.24) is 9.88 Å². The lowest BCUT2D eigenvalue weighted by Crippen LogP contribution is -2.34. The number of carbonyl (C=O) groups is 1. The number of aryl methyl sites for hydroxylation is 1. The van der Waals surface area contributed by atoms with Crippen LogP contribution in [0.25, 0.3) is 0 Å². The van der Waals surface area contributed by atoms with E-state index in [-0.39, 0.29) is 19.1 Å². The number of nitrogens with zero attached hydrogens (tertiary/aromatic N) is 1. The number of aliphatic hydroxyl groups is 1. The van der Waals surface area contributed by atoms with Crippen molar-refractivity contribution >= 4 is 5.91 Å². The summed E-state index contributed by atoms with van der Waals surface area (Å²) in [5.74, 6) is -0.157. The predicted molar refractivity (Wildman–Crippen MR) is 74.5 cm³/mol. The first-order chi connectivity index (χ1) is 8.88. The van der Waals surface area contributed by atoms with Gasteiger partial charge in [-0.15, -0.1) is 0 Å². The summed E-state index contributed by atoms with van der Waals surface area (Å²) in [5.41, 5.74) is 2.68. The van der Waals surface area contributed by atoms with Crippen molar-refractivity contribution in [2.75, 3.05) is 20.3 Å². The molecule has 0 radical (unpaired) electrons. The summed E-state index contributed by atoms with van der Waals surface area (Å²) >= 11 is 0. The summed E-state index contributed by atoms with van der Waals surface area (Å²) in [6, 6.07) is 2.20. The standard InChI is InChI=1S/C14H24N2O3/c1-9(2)16-10(3)6-13(11(16)4)14(18)15-7-12(17)8-19-5/h6,9,12,17H,7-8H2,1-5H3,(H,15,18). The van der Waals surface area contributed by atoms with Gasteiger partial charge in [-0.1, -0.05) is 0 Å². The zero-order chi connectivity index (χ0) is 14.6. The number of aliphatic hydroxyl groups excluding tert-OH is 1. The number of hydrogen-bond donors (Lipinski definition) is 2. The number of amides is 1. The molecule has 0 fully saturated rings. The van der Waals surface area contributed by atoms with Crippen LogP contribution in [-0.2, 0) is 4.74 Å². The Labute approximate surface area is 114 Å². The van der Waals surface area contributed by atoms with Gasteiger partial charge in [-0.3, -0.25) is 4.79 Å². The van der Waals surface area contributed by atoms with Crippen LogP contribution >= 0.6 is 0 Å². The summed E-state index contributed by atoms with van der Waals surface area (Å²) in [4.78, 5) is 12.1. The number of methoxy groups -OCH3 is 1. The number of hydrogen-bond acceptors (Lipinski definition) is 3. The molecule has 5 nitrogen and oxygen atoms in total. The van der Waals surface area contributed by atoms with E-state index in [2.05, 4.69) is 23.7 Å². The van der Waals surface area contributed by atoms with E-state index in [1.165, 1.54) is 7.11 Å². The quantitative estimate of drug-likeness (QED) is 0.820. The molecule has 0 saturated carbocycles. The molecule has 0 saturated heterocycles. The lowest BCUT2D eigenvalue weighted by molar-refractivity contribution is 0.0609. The van der Waals surface area contributed by atoms with Crippen molar-refractivity contribution in [2.24, 2.45) is 0 Å². The second-order valence-electron chi connectivity index (χ2n) is 5.07. The fourth-order valence-electron chi connectivity index (χ4n) is 2.36. The van der Waals surface area contributed by atoms with Crippen molar-refractivity contribution in [3.05, 3.63) is 23.0 Å². The van der Waals surface area contributed by atoms with Crippen molar-refractivity contribution in [1.29, 1.82) is 0 Å². The molecule has 1 amide bonds. The first-order valence-corrected chi connectivity index (χ1v) is 6.52. The molecule has 0 bridgehead atoms. The van der Waals surface area contributed by atoms with Gasteiger partial charge in [-0.25, -0.2) is 0 Å². The number of rotatable bonds is 6. The lowest BCUT2D eigenvalue weighted by Gasteiger charge is -2.14. The van der Waals surface area contributed by atoms with Gasteiger partial charge in [0.2, 0.25) is 0 Å². The van der Waals surface area contributed by atoms with Gasteiger partial charge >= 0.3 is 0 Å². The van der Waals surface area contributed by atoms with Gasteiger partial charge in [-0.2, -0.15) is 0 Å². The zero-order valence-corrected chi connectivity index (χ0v) is 12.4. The molecular weight excluding hydrogens is 244 g/mol.